The highest BCUT2D eigenvalue weighted by Crippen LogP contribution is 2.17. The monoisotopic (exact) mass is 337 g/mol. The maximum absolute atomic E-state index is 12.1. The number of aryl methyl sites for hydroxylation is 1. The first kappa shape index (κ1) is 17.5. The molecular weight excluding hydrogens is 316 g/mol. The average molecular weight is 337 g/mol. The van der Waals surface area contributed by atoms with E-state index in [2.05, 4.69) is 4.74 Å². The molecule has 0 saturated carbocycles. The highest BCUT2D eigenvalue weighted by atomic mass is 32.2. The van der Waals surface area contributed by atoms with Crippen LogP contribution in [0.3, 0.4) is 0 Å². The number of aromatic hydroxyl groups is 1. The molecule has 0 heterocycles. The van der Waals surface area contributed by atoms with Crippen molar-refractivity contribution < 1.29 is 22.1 Å². The van der Waals surface area contributed by atoms with E-state index in [1.54, 1.807) is 43.5 Å². The Morgan fingerprint density at radius 2 is 1.65 bits per heavy atom. The lowest BCUT2D eigenvalue weighted by molar-refractivity contribution is 0.0211. The van der Waals surface area contributed by atoms with Gasteiger partial charge in [-0.25, -0.2) is 0 Å². The fourth-order valence-electron chi connectivity index (χ4n) is 1.88. The molecule has 0 aliphatic heterocycles. The summed E-state index contributed by atoms with van der Waals surface area (Å²) in [7, 11) is -2.11. The molecule has 6 heteroatoms. The molecule has 5 nitrogen and oxygen atoms in total. The summed E-state index contributed by atoms with van der Waals surface area (Å²) in [6, 6.07) is 13.8. The van der Waals surface area contributed by atoms with Crippen molar-refractivity contribution in [1.29, 1.82) is 0 Å². The first-order chi connectivity index (χ1) is 11.0. The third kappa shape index (κ3) is 5.35. The smallest absolute Gasteiger partial charge is 0.297 e. The molecule has 2 aromatic carbocycles. The van der Waals surface area contributed by atoms with E-state index in [1.165, 1.54) is 0 Å². The Labute approximate surface area is 136 Å². The van der Waals surface area contributed by atoms with Gasteiger partial charge in [0.25, 0.3) is 15.9 Å². The first-order valence-corrected chi connectivity index (χ1v) is 8.63. The van der Waals surface area contributed by atoms with Gasteiger partial charge in [0.15, 0.2) is 6.61 Å². The van der Waals surface area contributed by atoms with Crippen molar-refractivity contribution in [2.45, 2.75) is 18.4 Å². The standard InChI is InChI=1S/C17H20O5S/c1-14-3-9-17(10-4-14)23(18,19)22-13-15-5-7-16(8-6-15)21-12-11-20-2/h3-10H,11-13H2,1-2H3/p+1. The van der Waals surface area contributed by atoms with Gasteiger partial charge >= 0.3 is 0 Å². The Morgan fingerprint density at radius 3 is 2.26 bits per heavy atom. The summed E-state index contributed by atoms with van der Waals surface area (Å²) < 4.78 is 38.6. The number of methoxy groups -OCH3 is 1. The minimum Gasteiger partial charge on any atom is -0.581 e. The number of hydrogen-bond donors (Lipinski definition) is 0. The van der Waals surface area contributed by atoms with Gasteiger partial charge in [0.1, 0.15) is 6.61 Å². The van der Waals surface area contributed by atoms with Gasteiger partial charge in [0.05, 0.1) is 11.5 Å². The molecule has 23 heavy (non-hydrogen) atoms. The normalized spacial score (nSPS) is 11.4. The second-order valence-corrected chi connectivity index (χ2v) is 6.69. The highest BCUT2D eigenvalue weighted by Gasteiger charge is 2.15. The summed E-state index contributed by atoms with van der Waals surface area (Å²) in [5, 5.41) is 0. The van der Waals surface area contributed by atoms with Crippen LogP contribution < -0.4 is 0 Å². The van der Waals surface area contributed by atoms with Gasteiger partial charge in [0, 0.05) is 19.2 Å². The molecule has 0 aromatic heterocycles. The second kappa shape index (κ2) is 8.10. The van der Waals surface area contributed by atoms with Crippen molar-refractivity contribution in [3.8, 4) is 5.75 Å². The molecule has 2 aromatic rings. The van der Waals surface area contributed by atoms with Crippen molar-refractivity contribution in [3.05, 3.63) is 59.7 Å². The predicted molar refractivity (Wildman–Crippen MR) is 88.0 cm³/mol. The van der Waals surface area contributed by atoms with Crippen molar-refractivity contribution in [1.82, 2.24) is 0 Å². The molecule has 1 N–H and O–H groups in total. The van der Waals surface area contributed by atoms with E-state index < -0.39 is 10.1 Å². The Kier molecular flexibility index (Phi) is 6.15. The van der Waals surface area contributed by atoms with E-state index >= 15 is 0 Å². The molecule has 0 amide bonds. The van der Waals surface area contributed by atoms with Crippen LogP contribution in [0, 0.1) is 6.92 Å². The summed E-state index contributed by atoms with van der Waals surface area (Å²) >= 11 is 0. The van der Waals surface area contributed by atoms with Gasteiger partial charge in [-0.3, -0.25) is 4.18 Å². The van der Waals surface area contributed by atoms with Gasteiger partial charge in [-0.2, -0.15) is 8.42 Å². The van der Waals surface area contributed by atoms with Crippen LogP contribution in [0.25, 0.3) is 0 Å². The fraction of sp³-hybridized carbons (Fsp3) is 0.294. The zero-order valence-corrected chi connectivity index (χ0v) is 14.0. The van der Waals surface area contributed by atoms with E-state index in [9.17, 15) is 8.42 Å². The molecule has 0 bridgehead atoms. The van der Waals surface area contributed by atoms with Crippen molar-refractivity contribution >= 4 is 10.1 Å². The third-order valence-corrected chi connectivity index (χ3v) is 4.49. The quantitative estimate of drug-likeness (QED) is 0.422. The third-order valence-electron chi connectivity index (χ3n) is 3.22. The zero-order chi connectivity index (χ0) is 16.7. The lowest BCUT2D eigenvalue weighted by Crippen LogP contribution is -2.06. The predicted octanol–water partition coefficient (Wildman–Crippen LogP) is 2.79. The van der Waals surface area contributed by atoms with Gasteiger partial charge in [0.2, 0.25) is 0 Å². The number of benzene rings is 2. The first-order valence-electron chi connectivity index (χ1n) is 7.23. The second-order valence-electron chi connectivity index (χ2n) is 5.07. The Morgan fingerprint density at radius 1 is 1.00 bits per heavy atom. The van der Waals surface area contributed by atoms with Crippen molar-refractivity contribution in [2.24, 2.45) is 0 Å². The summed E-state index contributed by atoms with van der Waals surface area (Å²) in [4.78, 5) is 0.161. The lowest BCUT2D eigenvalue weighted by atomic mass is 10.2. The van der Waals surface area contributed by atoms with Gasteiger partial charge < -0.3 is 9.47 Å². The number of rotatable bonds is 8. The minimum atomic E-state index is -3.74. The maximum Gasteiger partial charge on any atom is 0.297 e. The molecule has 124 valence electrons. The van der Waals surface area contributed by atoms with E-state index in [1.807, 2.05) is 19.1 Å². The van der Waals surface area contributed by atoms with Crippen LogP contribution in [0.15, 0.2) is 53.4 Å². The Bertz CT molecular complexity index is 706. The van der Waals surface area contributed by atoms with Crippen molar-refractivity contribution in [3.63, 3.8) is 0 Å². The molecule has 0 spiro atoms. The van der Waals surface area contributed by atoms with E-state index in [0.29, 0.717) is 13.2 Å². The summed E-state index contributed by atoms with van der Waals surface area (Å²) in [6.07, 6.45) is 0. The molecule has 2 rings (SSSR count). The molecule has 0 unspecified atom stereocenters. The SMILES string of the molecule is COCC[OH+]c1ccc(COS(=O)(=O)c2ccc(C)cc2)cc1. The van der Waals surface area contributed by atoms with E-state index in [-0.39, 0.29) is 11.5 Å². The maximum atomic E-state index is 12.1. The molecule has 0 aliphatic carbocycles. The zero-order valence-electron chi connectivity index (χ0n) is 13.2. The van der Waals surface area contributed by atoms with Crippen LogP contribution in [-0.4, -0.2) is 33.5 Å². The average Bonchev–Trinajstić information content (AvgIpc) is 2.55. The van der Waals surface area contributed by atoms with E-state index in [0.717, 1.165) is 16.9 Å². The summed E-state index contributed by atoms with van der Waals surface area (Å²) in [6.45, 7) is 3.05. The molecule has 0 atom stereocenters. The molecular formula is C17H21O5S+. The van der Waals surface area contributed by atoms with Crippen LogP contribution in [0.1, 0.15) is 11.1 Å². The van der Waals surface area contributed by atoms with E-state index in [4.69, 9.17) is 8.92 Å². The molecule has 0 aliphatic rings. The van der Waals surface area contributed by atoms with Crippen LogP contribution in [0.2, 0.25) is 0 Å². The molecule has 0 radical (unpaired) electrons. The summed E-state index contributed by atoms with van der Waals surface area (Å²) in [5.41, 5.74) is 1.77. The Balaban J connectivity index is 1.93. The van der Waals surface area contributed by atoms with Crippen LogP contribution in [0.5, 0.6) is 5.75 Å². The van der Waals surface area contributed by atoms with Crippen molar-refractivity contribution in [2.75, 3.05) is 20.3 Å². The minimum absolute atomic E-state index is 0.00540. The molecule has 0 fully saturated rings. The fourth-order valence-corrected chi connectivity index (χ4v) is 2.78. The summed E-state index contributed by atoms with van der Waals surface area (Å²) in [5.74, 6) is 0.826. The van der Waals surface area contributed by atoms with Gasteiger partial charge in [-0.15, -0.1) is 0 Å². The van der Waals surface area contributed by atoms with Gasteiger partial charge in [-0.05, 0) is 36.8 Å². The van der Waals surface area contributed by atoms with Gasteiger partial charge in [-0.1, -0.05) is 17.7 Å². The van der Waals surface area contributed by atoms with Crippen LogP contribution >= 0.6 is 0 Å². The topological polar surface area (TPSA) is 65.4 Å². The van der Waals surface area contributed by atoms with Crippen LogP contribution in [-0.2, 0) is 25.6 Å². The lowest BCUT2D eigenvalue weighted by Gasteiger charge is -2.07. The Hall–Kier alpha value is -1.89. The highest BCUT2D eigenvalue weighted by molar-refractivity contribution is 7.86. The number of ether oxygens (including phenoxy) is 2. The number of aliphatic hydroxyl groups is 1. The van der Waals surface area contributed by atoms with Crippen LogP contribution in [0.4, 0.5) is 0 Å². The molecule has 0 saturated heterocycles. The number of hydrogen-bond acceptors (Lipinski definition) is 4. The largest absolute Gasteiger partial charge is 0.581 e.